The second-order valence-corrected chi connectivity index (χ2v) is 1.96. The molecule has 3 nitrogen and oxygen atoms in total. The normalized spacial score (nSPS) is 7.60. The van der Waals surface area contributed by atoms with Crippen molar-refractivity contribution in [2.45, 2.75) is 27.2 Å². The minimum Gasteiger partial charge on any atom is -0.324 e. The maximum absolute atomic E-state index is 9.81. The van der Waals surface area contributed by atoms with Gasteiger partial charge in [0.2, 0.25) is 0 Å². The van der Waals surface area contributed by atoms with Crippen LogP contribution < -0.4 is 5.73 Å². The zero-order valence-electron chi connectivity index (χ0n) is 6.81. The summed E-state index contributed by atoms with van der Waals surface area (Å²) < 4.78 is 0. The third kappa shape index (κ3) is 26.6. The Labute approximate surface area is 61.6 Å². The van der Waals surface area contributed by atoms with Crippen LogP contribution in [0.1, 0.15) is 27.2 Å². The molecule has 0 heterocycles. The van der Waals surface area contributed by atoms with E-state index in [0.29, 0.717) is 6.42 Å². The van der Waals surface area contributed by atoms with Gasteiger partial charge in [-0.1, -0.05) is 6.92 Å². The summed E-state index contributed by atoms with van der Waals surface area (Å²) in [5.41, 5.74) is 4.82. The Bertz CT molecular complexity index is 96.2. The summed E-state index contributed by atoms with van der Waals surface area (Å²) in [6.07, 6.45) is 0.667. The molecule has 3 heteroatoms. The lowest BCUT2D eigenvalue weighted by atomic mass is 10.4. The standard InChI is InChI=1S/C4H8O.C3H7NO/c1-3-4(2)5;1-3(5)2-4/h3H2,1-2H3;2,4H2,1H3. The highest BCUT2D eigenvalue weighted by atomic mass is 16.1. The van der Waals surface area contributed by atoms with E-state index in [0.717, 1.165) is 0 Å². The number of rotatable bonds is 2. The number of carbonyl (C=O) groups is 2. The van der Waals surface area contributed by atoms with Crippen LogP contribution >= 0.6 is 0 Å². The maximum Gasteiger partial charge on any atom is 0.143 e. The molecule has 0 atom stereocenters. The first-order valence-corrected chi connectivity index (χ1v) is 3.23. The molecule has 10 heavy (non-hydrogen) atoms. The molecule has 0 radical (unpaired) electrons. The van der Waals surface area contributed by atoms with Crippen LogP contribution in [0.25, 0.3) is 0 Å². The second-order valence-electron chi connectivity index (χ2n) is 1.96. The molecule has 0 spiro atoms. The van der Waals surface area contributed by atoms with Gasteiger partial charge in [0.1, 0.15) is 11.6 Å². The van der Waals surface area contributed by atoms with Gasteiger partial charge in [-0.2, -0.15) is 0 Å². The average Bonchev–Trinajstić information content (AvgIpc) is 1.89. The van der Waals surface area contributed by atoms with E-state index in [4.69, 9.17) is 5.73 Å². The lowest BCUT2D eigenvalue weighted by Crippen LogP contribution is -2.07. The lowest BCUT2D eigenvalue weighted by molar-refractivity contribution is -0.117. The highest BCUT2D eigenvalue weighted by Gasteiger charge is 1.77. The van der Waals surface area contributed by atoms with Crippen molar-refractivity contribution < 1.29 is 9.59 Å². The van der Waals surface area contributed by atoms with Crippen molar-refractivity contribution in [1.82, 2.24) is 0 Å². The van der Waals surface area contributed by atoms with Crippen LogP contribution in [0, 0.1) is 0 Å². The second kappa shape index (κ2) is 8.30. The fraction of sp³-hybridized carbons (Fsp3) is 0.714. The zero-order valence-corrected chi connectivity index (χ0v) is 6.81. The van der Waals surface area contributed by atoms with E-state index < -0.39 is 0 Å². The Hall–Kier alpha value is -0.700. The molecular weight excluding hydrogens is 130 g/mol. The van der Waals surface area contributed by atoms with E-state index in [2.05, 4.69) is 0 Å². The molecule has 0 saturated heterocycles. The smallest absolute Gasteiger partial charge is 0.143 e. The third-order valence-corrected chi connectivity index (χ3v) is 0.785. The van der Waals surface area contributed by atoms with E-state index in [-0.39, 0.29) is 18.1 Å². The predicted molar refractivity (Wildman–Crippen MR) is 40.7 cm³/mol. The number of hydrogen-bond acceptors (Lipinski definition) is 3. The molecular formula is C7H15NO2. The fourth-order valence-electron chi connectivity index (χ4n) is 0. The van der Waals surface area contributed by atoms with Crippen LogP contribution in [-0.4, -0.2) is 18.1 Å². The molecule has 0 saturated carbocycles. The van der Waals surface area contributed by atoms with Crippen LogP contribution in [0.4, 0.5) is 0 Å². The molecule has 60 valence electrons. The summed E-state index contributed by atoms with van der Waals surface area (Å²) in [6.45, 7) is 5.06. The monoisotopic (exact) mass is 145 g/mol. The van der Waals surface area contributed by atoms with Gasteiger partial charge in [0.25, 0.3) is 0 Å². The average molecular weight is 145 g/mol. The van der Waals surface area contributed by atoms with Gasteiger partial charge >= 0.3 is 0 Å². The maximum atomic E-state index is 9.81. The highest BCUT2D eigenvalue weighted by molar-refractivity contribution is 5.77. The molecule has 0 aliphatic rings. The first kappa shape index (κ1) is 12.0. The summed E-state index contributed by atoms with van der Waals surface area (Å²) in [4.78, 5) is 19.5. The molecule has 0 amide bonds. The van der Waals surface area contributed by atoms with Gasteiger partial charge in [0, 0.05) is 6.42 Å². The molecule has 0 unspecified atom stereocenters. The first-order chi connectivity index (χ1) is 4.54. The van der Waals surface area contributed by atoms with Crippen LogP contribution in [0.15, 0.2) is 0 Å². The van der Waals surface area contributed by atoms with Crippen LogP contribution in [0.3, 0.4) is 0 Å². The summed E-state index contributed by atoms with van der Waals surface area (Å²) in [5.74, 6) is 0.287. The van der Waals surface area contributed by atoms with E-state index in [1.807, 2.05) is 6.92 Å². The Morgan fingerprint density at radius 2 is 1.40 bits per heavy atom. The number of Topliss-reactive ketones (excluding diaryl/α,β-unsaturated/α-hetero) is 2. The van der Waals surface area contributed by atoms with E-state index in [9.17, 15) is 9.59 Å². The molecule has 0 bridgehead atoms. The number of nitrogens with two attached hydrogens (primary N) is 1. The highest BCUT2D eigenvalue weighted by Crippen LogP contribution is 1.71. The van der Waals surface area contributed by atoms with Crippen LogP contribution in [0.2, 0.25) is 0 Å². The van der Waals surface area contributed by atoms with Gasteiger partial charge < -0.3 is 10.5 Å². The summed E-state index contributed by atoms with van der Waals surface area (Å²) in [6, 6.07) is 0. The van der Waals surface area contributed by atoms with Gasteiger partial charge in [-0.25, -0.2) is 0 Å². The predicted octanol–water partition coefficient (Wildman–Crippen LogP) is 0.520. The van der Waals surface area contributed by atoms with Crippen molar-refractivity contribution in [3.63, 3.8) is 0 Å². The first-order valence-electron chi connectivity index (χ1n) is 3.23. The Kier molecular flexibility index (Phi) is 9.98. The van der Waals surface area contributed by atoms with Crippen molar-refractivity contribution in [3.05, 3.63) is 0 Å². The van der Waals surface area contributed by atoms with Crippen LogP contribution in [0.5, 0.6) is 0 Å². The van der Waals surface area contributed by atoms with Gasteiger partial charge in [-0.3, -0.25) is 4.79 Å². The Morgan fingerprint density at radius 1 is 1.20 bits per heavy atom. The summed E-state index contributed by atoms with van der Waals surface area (Å²) >= 11 is 0. The topological polar surface area (TPSA) is 60.2 Å². The number of ketones is 2. The third-order valence-electron chi connectivity index (χ3n) is 0.785. The van der Waals surface area contributed by atoms with Gasteiger partial charge in [-0.15, -0.1) is 0 Å². The van der Waals surface area contributed by atoms with E-state index in [1.54, 1.807) is 6.92 Å². The summed E-state index contributed by atoms with van der Waals surface area (Å²) in [5, 5.41) is 0. The zero-order chi connectivity index (χ0) is 8.57. The van der Waals surface area contributed by atoms with E-state index in [1.165, 1.54) is 6.92 Å². The van der Waals surface area contributed by atoms with Crippen LogP contribution in [-0.2, 0) is 9.59 Å². The SMILES string of the molecule is CC(=O)CN.CCC(C)=O. The van der Waals surface area contributed by atoms with E-state index >= 15 is 0 Å². The van der Waals surface area contributed by atoms with Crippen molar-refractivity contribution in [3.8, 4) is 0 Å². The molecule has 0 aliphatic heterocycles. The van der Waals surface area contributed by atoms with Crippen molar-refractivity contribution >= 4 is 11.6 Å². The molecule has 0 aromatic heterocycles. The van der Waals surface area contributed by atoms with Gasteiger partial charge in [-0.05, 0) is 13.8 Å². The van der Waals surface area contributed by atoms with Crippen molar-refractivity contribution in [2.24, 2.45) is 5.73 Å². The minimum atomic E-state index is 0.0324. The van der Waals surface area contributed by atoms with Crippen molar-refractivity contribution in [1.29, 1.82) is 0 Å². The van der Waals surface area contributed by atoms with Crippen molar-refractivity contribution in [2.75, 3.05) is 6.54 Å². The lowest BCUT2D eigenvalue weighted by Gasteiger charge is -1.73. The number of carbonyl (C=O) groups excluding carboxylic acids is 2. The van der Waals surface area contributed by atoms with Gasteiger partial charge in [0.05, 0.1) is 6.54 Å². The molecule has 0 aromatic rings. The molecule has 0 aliphatic carbocycles. The largest absolute Gasteiger partial charge is 0.324 e. The molecule has 0 fully saturated rings. The minimum absolute atomic E-state index is 0.0324. The van der Waals surface area contributed by atoms with Gasteiger partial charge in [0.15, 0.2) is 0 Å². The number of hydrogen-bond donors (Lipinski definition) is 1. The molecule has 0 aromatic carbocycles. The Balaban J connectivity index is 0. The summed E-state index contributed by atoms with van der Waals surface area (Å²) in [7, 11) is 0. The molecule has 2 N–H and O–H groups in total. The molecule has 0 rings (SSSR count). The quantitative estimate of drug-likeness (QED) is 0.616. The fourth-order valence-corrected chi connectivity index (χ4v) is 0. The Morgan fingerprint density at radius 3 is 1.40 bits per heavy atom.